The number of nitrogens with zero attached hydrogens (tertiary/aromatic N) is 2. The highest BCUT2D eigenvalue weighted by atomic mass is 16.6. The molecule has 0 radical (unpaired) electrons. The van der Waals surface area contributed by atoms with Crippen LogP contribution in [0, 0.1) is 0 Å². The number of alkyl carbamates (subject to hydrolysis) is 1. The molecule has 2 amide bonds. The summed E-state index contributed by atoms with van der Waals surface area (Å²) in [5.74, 6) is 0.503. The molecule has 0 fully saturated rings. The fourth-order valence-electron chi connectivity index (χ4n) is 2.62. The second-order valence-electron chi connectivity index (χ2n) is 9.17. The van der Waals surface area contributed by atoms with Gasteiger partial charge >= 0.3 is 6.09 Å². The number of amides is 2. The van der Waals surface area contributed by atoms with Crippen molar-refractivity contribution < 1.29 is 14.3 Å². The normalized spacial score (nSPS) is 13.0. The van der Waals surface area contributed by atoms with E-state index in [1.54, 1.807) is 19.0 Å². The van der Waals surface area contributed by atoms with Gasteiger partial charge < -0.3 is 25.6 Å². The number of aliphatic imine (C=N–C) groups is 1. The van der Waals surface area contributed by atoms with Gasteiger partial charge in [-0.3, -0.25) is 9.79 Å². The Kier molecular flexibility index (Phi) is 9.78. The SMILES string of the molecule is CCC(CC)(CNC(=NC)N(C)CC(=O)NC(C)(C)C)NC(=O)OC(C)(C)C. The average Bonchev–Trinajstić information content (AvgIpc) is 2.50. The number of likely N-dealkylation sites (N-methyl/N-ethyl adjacent to an activating group) is 1. The van der Waals surface area contributed by atoms with Crippen LogP contribution in [-0.2, 0) is 9.53 Å². The van der Waals surface area contributed by atoms with Gasteiger partial charge in [-0.1, -0.05) is 13.8 Å². The fraction of sp³-hybridized carbons (Fsp3) is 0.850. The van der Waals surface area contributed by atoms with E-state index in [-0.39, 0.29) is 18.0 Å². The van der Waals surface area contributed by atoms with Crippen molar-refractivity contribution in [1.82, 2.24) is 20.9 Å². The van der Waals surface area contributed by atoms with Crippen LogP contribution in [0.15, 0.2) is 4.99 Å². The second kappa shape index (κ2) is 10.5. The van der Waals surface area contributed by atoms with Crippen LogP contribution < -0.4 is 16.0 Å². The van der Waals surface area contributed by atoms with Gasteiger partial charge in [-0.15, -0.1) is 0 Å². The lowest BCUT2D eigenvalue weighted by Gasteiger charge is -2.35. The Morgan fingerprint density at radius 3 is 1.93 bits per heavy atom. The number of nitrogens with one attached hydrogen (secondary N) is 3. The van der Waals surface area contributed by atoms with Crippen molar-refractivity contribution in [1.29, 1.82) is 0 Å². The maximum atomic E-state index is 12.3. The fourth-order valence-corrected chi connectivity index (χ4v) is 2.62. The van der Waals surface area contributed by atoms with Crippen molar-refractivity contribution in [3.8, 4) is 0 Å². The first-order valence-corrected chi connectivity index (χ1v) is 9.91. The summed E-state index contributed by atoms with van der Waals surface area (Å²) in [6.45, 7) is 16.0. The predicted octanol–water partition coefficient (Wildman–Crippen LogP) is 2.49. The van der Waals surface area contributed by atoms with Crippen LogP contribution in [0.5, 0.6) is 0 Å². The zero-order valence-corrected chi connectivity index (χ0v) is 19.4. The van der Waals surface area contributed by atoms with Crippen molar-refractivity contribution >= 4 is 18.0 Å². The molecule has 0 bridgehead atoms. The minimum atomic E-state index is -0.554. The molecule has 28 heavy (non-hydrogen) atoms. The van der Waals surface area contributed by atoms with Crippen LogP contribution in [0.4, 0.5) is 4.79 Å². The Balaban J connectivity index is 4.98. The van der Waals surface area contributed by atoms with Gasteiger partial charge in [0.25, 0.3) is 0 Å². The average molecular weight is 400 g/mol. The molecule has 0 saturated heterocycles. The Morgan fingerprint density at radius 1 is 1.00 bits per heavy atom. The molecule has 0 aliphatic rings. The largest absolute Gasteiger partial charge is 0.444 e. The maximum absolute atomic E-state index is 12.3. The molecule has 0 rings (SSSR count). The summed E-state index contributed by atoms with van der Waals surface area (Å²) >= 11 is 0. The number of guanidine groups is 1. The standard InChI is InChI=1S/C20H41N5O3/c1-11-20(12-2,24-17(27)28-19(6,7)8)14-22-16(21-9)25(10)13-15(26)23-18(3,4)5/h11-14H2,1-10H3,(H,21,22)(H,23,26)(H,24,27). The highest BCUT2D eigenvalue weighted by molar-refractivity contribution is 5.86. The molecule has 0 spiro atoms. The van der Waals surface area contributed by atoms with Crippen molar-refractivity contribution in [2.75, 3.05) is 27.2 Å². The predicted molar refractivity (Wildman–Crippen MR) is 115 cm³/mol. The Bertz CT molecular complexity index is 543. The Labute approximate surface area is 170 Å². The quantitative estimate of drug-likeness (QED) is 0.452. The smallest absolute Gasteiger partial charge is 0.408 e. The molecule has 0 atom stereocenters. The molecule has 0 aromatic carbocycles. The molecule has 0 aromatic heterocycles. The molecule has 0 aliphatic heterocycles. The van der Waals surface area contributed by atoms with E-state index in [0.717, 1.165) is 12.8 Å². The van der Waals surface area contributed by atoms with Gasteiger partial charge in [-0.2, -0.15) is 0 Å². The summed E-state index contributed by atoms with van der Waals surface area (Å²) in [4.78, 5) is 30.4. The first-order valence-electron chi connectivity index (χ1n) is 9.91. The van der Waals surface area contributed by atoms with E-state index in [2.05, 4.69) is 20.9 Å². The third-order valence-electron chi connectivity index (χ3n) is 4.17. The molecule has 0 unspecified atom stereocenters. The molecule has 8 nitrogen and oxygen atoms in total. The van der Waals surface area contributed by atoms with Crippen LogP contribution in [0.25, 0.3) is 0 Å². The van der Waals surface area contributed by atoms with Crippen molar-refractivity contribution in [3.63, 3.8) is 0 Å². The first kappa shape index (κ1) is 26.0. The molecule has 3 N–H and O–H groups in total. The summed E-state index contributed by atoms with van der Waals surface area (Å²) < 4.78 is 5.41. The lowest BCUT2D eigenvalue weighted by Crippen LogP contribution is -2.57. The summed E-state index contributed by atoms with van der Waals surface area (Å²) in [7, 11) is 3.47. The summed E-state index contributed by atoms with van der Waals surface area (Å²) in [6, 6.07) is 0. The zero-order valence-electron chi connectivity index (χ0n) is 19.4. The van der Waals surface area contributed by atoms with Crippen LogP contribution in [-0.4, -0.2) is 66.7 Å². The lowest BCUT2D eigenvalue weighted by molar-refractivity contribution is -0.122. The number of ether oxygens (including phenoxy) is 1. The second-order valence-corrected chi connectivity index (χ2v) is 9.17. The van der Waals surface area contributed by atoms with Gasteiger partial charge in [0.15, 0.2) is 5.96 Å². The number of carbonyl (C=O) groups excluding carboxylic acids is 2. The summed E-state index contributed by atoms with van der Waals surface area (Å²) in [5.41, 5.74) is -1.32. The molecule has 8 heteroatoms. The van der Waals surface area contributed by atoms with E-state index in [9.17, 15) is 9.59 Å². The Hall–Kier alpha value is -1.99. The van der Waals surface area contributed by atoms with Crippen LogP contribution in [0.2, 0.25) is 0 Å². The number of rotatable bonds is 7. The molecule has 0 aliphatic carbocycles. The van der Waals surface area contributed by atoms with E-state index < -0.39 is 17.2 Å². The summed E-state index contributed by atoms with van der Waals surface area (Å²) in [5, 5.41) is 9.21. The third-order valence-corrected chi connectivity index (χ3v) is 4.17. The van der Waals surface area contributed by atoms with Crippen LogP contribution >= 0.6 is 0 Å². The zero-order chi connectivity index (χ0) is 22.2. The molecule has 0 saturated carbocycles. The van der Waals surface area contributed by atoms with E-state index in [0.29, 0.717) is 12.5 Å². The van der Waals surface area contributed by atoms with E-state index in [1.165, 1.54) is 0 Å². The lowest BCUT2D eigenvalue weighted by atomic mass is 9.93. The first-order chi connectivity index (χ1) is 12.7. The minimum Gasteiger partial charge on any atom is -0.444 e. The Morgan fingerprint density at radius 2 is 1.54 bits per heavy atom. The maximum Gasteiger partial charge on any atom is 0.408 e. The van der Waals surface area contributed by atoms with Crippen LogP contribution in [0.3, 0.4) is 0 Å². The van der Waals surface area contributed by atoms with Gasteiger partial charge in [0.2, 0.25) is 5.91 Å². The van der Waals surface area contributed by atoms with Gasteiger partial charge in [-0.25, -0.2) is 4.79 Å². The monoisotopic (exact) mass is 399 g/mol. The van der Waals surface area contributed by atoms with Gasteiger partial charge in [-0.05, 0) is 54.4 Å². The number of hydrogen-bond donors (Lipinski definition) is 3. The number of hydrogen-bond acceptors (Lipinski definition) is 4. The van der Waals surface area contributed by atoms with Gasteiger partial charge in [0.05, 0.1) is 12.1 Å². The summed E-state index contributed by atoms with van der Waals surface area (Å²) in [6.07, 6.45) is 1.01. The highest BCUT2D eigenvalue weighted by Gasteiger charge is 2.31. The van der Waals surface area contributed by atoms with Gasteiger partial charge in [0, 0.05) is 26.2 Å². The van der Waals surface area contributed by atoms with E-state index in [1.807, 2.05) is 55.4 Å². The highest BCUT2D eigenvalue weighted by Crippen LogP contribution is 2.16. The van der Waals surface area contributed by atoms with Gasteiger partial charge in [0.1, 0.15) is 5.60 Å². The molecular formula is C20H41N5O3. The van der Waals surface area contributed by atoms with Crippen molar-refractivity contribution in [2.24, 2.45) is 4.99 Å². The van der Waals surface area contributed by atoms with E-state index in [4.69, 9.17) is 4.74 Å². The van der Waals surface area contributed by atoms with E-state index >= 15 is 0 Å². The molecular weight excluding hydrogens is 358 g/mol. The number of carbonyl (C=O) groups is 2. The minimum absolute atomic E-state index is 0.0814. The molecule has 164 valence electrons. The molecule has 0 aromatic rings. The van der Waals surface area contributed by atoms with Crippen LogP contribution in [0.1, 0.15) is 68.2 Å². The van der Waals surface area contributed by atoms with Crippen molar-refractivity contribution in [2.45, 2.75) is 84.9 Å². The van der Waals surface area contributed by atoms with Crippen molar-refractivity contribution in [3.05, 3.63) is 0 Å². The molecule has 0 heterocycles. The topological polar surface area (TPSA) is 95.1 Å². The third kappa shape index (κ3) is 10.4.